The standard InChI is InChI=1S/C29H34ClN5O2S/c1-3-4-5-6-7-8-11-20(2)27(36)32-21-14-15-25-24(18-21)34-29(38-25)26(35-17-16-31-19-35)28(37)33-23-13-10-9-12-22(23)30/h9-10,12-20,26H,3-8,11H2,1-2H3,(H,32,36)(H,33,37). The van der Waals surface area contributed by atoms with Gasteiger partial charge in [-0.3, -0.25) is 9.59 Å². The molecule has 0 saturated carbocycles. The molecule has 9 heteroatoms. The van der Waals surface area contributed by atoms with E-state index in [4.69, 9.17) is 16.6 Å². The van der Waals surface area contributed by atoms with Crippen LogP contribution in [0.4, 0.5) is 11.4 Å². The Kier molecular flexibility index (Phi) is 9.90. The molecule has 7 nitrogen and oxygen atoms in total. The second-order valence-electron chi connectivity index (χ2n) is 9.56. The molecule has 2 unspecified atom stereocenters. The molecule has 2 atom stereocenters. The van der Waals surface area contributed by atoms with Gasteiger partial charge in [-0.2, -0.15) is 0 Å². The van der Waals surface area contributed by atoms with Gasteiger partial charge >= 0.3 is 0 Å². The molecule has 0 fully saturated rings. The number of nitrogens with one attached hydrogen (secondary N) is 2. The number of unbranched alkanes of at least 4 members (excludes halogenated alkanes) is 5. The smallest absolute Gasteiger partial charge is 0.254 e. The molecular formula is C29H34ClN5O2S. The van der Waals surface area contributed by atoms with Crippen LogP contribution >= 0.6 is 22.9 Å². The number of hydrogen-bond acceptors (Lipinski definition) is 5. The van der Waals surface area contributed by atoms with E-state index in [-0.39, 0.29) is 17.7 Å². The molecule has 0 aliphatic heterocycles. The van der Waals surface area contributed by atoms with Gasteiger partial charge in [0, 0.05) is 24.0 Å². The molecule has 0 aliphatic carbocycles. The number of anilines is 2. The number of aromatic nitrogens is 3. The molecule has 0 radical (unpaired) electrons. The maximum absolute atomic E-state index is 13.4. The van der Waals surface area contributed by atoms with E-state index in [2.05, 4.69) is 22.5 Å². The predicted octanol–water partition coefficient (Wildman–Crippen LogP) is 7.70. The van der Waals surface area contributed by atoms with Crippen molar-refractivity contribution in [2.75, 3.05) is 10.6 Å². The largest absolute Gasteiger partial charge is 0.326 e. The number of carbonyl (C=O) groups is 2. The summed E-state index contributed by atoms with van der Waals surface area (Å²) in [5.74, 6) is -0.307. The average Bonchev–Trinajstić information content (AvgIpc) is 3.57. The number of nitrogens with zero attached hydrogens (tertiary/aromatic N) is 3. The Morgan fingerprint density at radius 2 is 1.82 bits per heavy atom. The molecule has 0 aliphatic rings. The maximum Gasteiger partial charge on any atom is 0.254 e. The molecule has 2 aromatic carbocycles. The maximum atomic E-state index is 13.4. The highest BCUT2D eigenvalue weighted by Gasteiger charge is 2.27. The third-order valence-corrected chi connectivity index (χ3v) is 7.97. The first-order valence-electron chi connectivity index (χ1n) is 13.2. The molecule has 0 bridgehead atoms. The molecule has 0 spiro atoms. The Labute approximate surface area is 232 Å². The van der Waals surface area contributed by atoms with E-state index in [1.165, 1.54) is 43.4 Å². The lowest BCUT2D eigenvalue weighted by molar-refractivity contribution is -0.120. The highest BCUT2D eigenvalue weighted by Crippen LogP contribution is 2.32. The van der Waals surface area contributed by atoms with E-state index in [9.17, 15) is 9.59 Å². The van der Waals surface area contributed by atoms with Gasteiger partial charge in [0.05, 0.1) is 27.3 Å². The van der Waals surface area contributed by atoms with E-state index >= 15 is 0 Å². The van der Waals surface area contributed by atoms with E-state index < -0.39 is 6.04 Å². The lowest BCUT2D eigenvalue weighted by Gasteiger charge is -2.16. The molecule has 4 aromatic rings. The van der Waals surface area contributed by atoms with Crippen LogP contribution in [0.5, 0.6) is 0 Å². The van der Waals surface area contributed by atoms with Crippen LogP contribution in [0.25, 0.3) is 10.2 Å². The number of amides is 2. The van der Waals surface area contributed by atoms with Crippen LogP contribution in [0.2, 0.25) is 5.02 Å². The zero-order valence-corrected chi connectivity index (χ0v) is 23.4. The Morgan fingerprint density at radius 1 is 1.03 bits per heavy atom. The number of hydrogen-bond donors (Lipinski definition) is 2. The van der Waals surface area contributed by atoms with E-state index in [0.717, 1.165) is 23.1 Å². The van der Waals surface area contributed by atoms with Gasteiger partial charge in [-0.25, -0.2) is 9.97 Å². The molecule has 2 heterocycles. The van der Waals surface area contributed by atoms with Crippen LogP contribution in [0, 0.1) is 5.92 Å². The summed E-state index contributed by atoms with van der Waals surface area (Å²) in [6.45, 7) is 4.20. The van der Waals surface area contributed by atoms with Crippen molar-refractivity contribution in [3.63, 3.8) is 0 Å². The molecule has 2 amide bonds. The number of benzene rings is 2. The zero-order chi connectivity index (χ0) is 26.9. The number of rotatable bonds is 13. The van der Waals surface area contributed by atoms with Gasteiger partial charge in [0.25, 0.3) is 5.91 Å². The minimum absolute atomic E-state index is 0.0174. The van der Waals surface area contributed by atoms with Crippen LogP contribution in [0.1, 0.15) is 69.8 Å². The topological polar surface area (TPSA) is 88.9 Å². The molecular weight excluding hydrogens is 518 g/mol. The summed E-state index contributed by atoms with van der Waals surface area (Å²) in [5.41, 5.74) is 1.96. The van der Waals surface area contributed by atoms with E-state index in [1.807, 2.05) is 37.3 Å². The van der Waals surface area contributed by atoms with Crippen molar-refractivity contribution in [1.82, 2.24) is 14.5 Å². The van der Waals surface area contributed by atoms with E-state index in [1.54, 1.807) is 35.4 Å². The van der Waals surface area contributed by atoms with Gasteiger partial charge in [-0.15, -0.1) is 11.3 Å². The fourth-order valence-electron chi connectivity index (χ4n) is 4.33. The summed E-state index contributed by atoms with van der Waals surface area (Å²) in [6.07, 6.45) is 13.1. The highest BCUT2D eigenvalue weighted by molar-refractivity contribution is 7.18. The number of carbonyl (C=O) groups excluding carboxylic acids is 2. The zero-order valence-electron chi connectivity index (χ0n) is 21.8. The normalized spacial score (nSPS) is 12.8. The summed E-state index contributed by atoms with van der Waals surface area (Å²) in [5, 5.41) is 7.02. The third kappa shape index (κ3) is 7.20. The minimum atomic E-state index is -0.721. The quantitative estimate of drug-likeness (QED) is 0.167. The molecule has 2 N–H and O–H groups in total. The van der Waals surface area contributed by atoms with Gasteiger partial charge in [-0.1, -0.05) is 76.1 Å². The second kappa shape index (κ2) is 13.5. The number of fused-ring (bicyclic) bond motifs is 1. The fourth-order valence-corrected chi connectivity index (χ4v) is 5.57. The van der Waals surface area contributed by atoms with Crippen molar-refractivity contribution in [3.05, 3.63) is 71.2 Å². The molecule has 200 valence electrons. The van der Waals surface area contributed by atoms with Crippen molar-refractivity contribution < 1.29 is 9.59 Å². The Hall–Kier alpha value is -3.23. The molecule has 0 saturated heterocycles. The van der Waals surface area contributed by atoms with Crippen LogP contribution < -0.4 is 10.6 Å². The van der Waals surface area contributed by atoms with Crippen molar-refractivity contribution in [2.24, 2.45) is 5.92 Å². The number of para-hydroxylation sites is 1. The van der Waals surface area contributed by atoms with Crippen LogP contribution in [-0.4, -0.2) is 26.3 Å². The number of thiazole rings is 1. The first kappa shape index (κ1) is 27.8. The van der Waals surface area contributed by atoms with Gasteiger partial charge in [-0.05, 0) is 36.8 Å². The first-order chi connectivity index (χ1) is 18.5. The number of imidazole rings is 1. The Balaban J connectivity index is 1.45. The van der Waals surface area contributed by atoms with E-state index in [0.29, 0.717) is 21.4 Å². The SMILES string of the molecule is CCCCCCCCC(C)C(=O)Nc1ccc2sc(C(C(=O)Nc3ccccc3Cl)n3ccnc3)nc2c1. The lowest BCUT2D eigenvalue weighted by atomic mass is 10.0. The van der Waals surface area contributed by atoms with Crippen LogP contribution in [0.3, 0.4) is 0 Å². The molecule has 38 heavy (non-hydrogen) atoms. The third-order valence-electron chi connectivity index (χ3n) is 6.55. The highest BCUT2D eigenvalue weighted by atomic mass is 35.5. The lowest BCUT2D eigenvalue weighted by Crippen LogP contribution is -2.26. The van der Waals surface area contributed by atoms with Gasteiger partial charge < -0.3 is 15.2 Å². The van der Waals surface area contributed by atoms with Crippen molar-refractivity contribution in [1.29, 1.82) is 0 Å². The van der Waals surface area contributed by atoms with Crippen molar-refractivity contribution in [3.8, 4) is 0 Å². The van der Waals surface area contributed by atoms with Crippen molar-refractivity contribution >= 4 is 56.3 Å². The van der Waals surface area contributed by atoms with Crippen LogP contribution in [0.15, 0.2) is 61.2 Å². The summed E-state index contributed by atoms with van der Waals surface area (Å²) in [7, 11) is 0. The average molecular weight is 552 g/mol. The predicted molar refractivity (Wildman–Crippen MR) is 156 cm³/mol. The molecule has 4 rings (SSSR count). The Morgan fingerprint density at radius 3 is 2.58 bits per heavy atom. The first-order valence-corrected chi connectivity index (χ1v) is 14.4. The fraction of sp³-hybridized carbons (Fsp3) is 0.379. The van der Waals surface area contributed by atoms with Gasteiger partial charge in [0.1, 0.15) is 5.01 Å². The summed E-state index contributed by atoms with van der Waals surface area (Å²) in [6, 6.07) is 12.1. The summed E-state index contributed by atoms with van der Waals surface area (Å²) < 4.78 is 2.64. The monoisotopic (exact) mass is 551 g/mol. The second-order valence-corrected chi connectivity index (χ2v) is 11.0. The van der Waals surface area contributed by atoms with Gasteiger partial charge in [0.2, 0.25) is 5.91 Å². The van der Waals surface area contributed by atoms with Crippen LogP contribution in [-0.2, 0) is 9.59 Å². The summed E-state index contributed by atoms with van der Waals surface area (Å²) >= 11 is 7.69. The molecule has 2 aromatic heterocycles. The minimum Gasteiger partial charge on any atom is -0.326 e. The summed E-state index contributed by atoms with van der Waals surface area (Å²) in [4.78, 5) is 35.0. The van der Waals surface area contributed by atoms with Crippen molar-refractivity contribution in [2.45, 2.75) is 64.8 Å². The van der Waals surface area contributed by atoms with Gasteiger partial charge in [0.15, 0.2) is 6.04 Å². The number of halogens is 1. The Bertz CT molecular complexity index is 1350.